The minimum Gasteiger partial charge on any atom is -0.476 e. The summed E-state index contributed by atoms with van der Waals surface area (Å²) < 4.78 is 34.4. The Morgan fingerprint density at radius 1 is 1.15 bits per heavy atom. The summed E-state index contributed by atoms with van der Waals surface area (Å²) in [5, 5.41) is 8.73. The van der Waals surface area contributed by atoms with Gasteiger partial charge in [0, 0.05) is 18.5 Å². The molecule has 4 nitrogen and oxygen atoms in total. The summed E-state index contributed by atoms with van der Waals surface area (Å²) in [7, 11) is 0. The van der Waals surface area contributed by atoms with Gasteiger partial charge in [0.25, 0.3) is 0 Å². The third-order valence-corrected chi connectivity index (χ3v) is 4.56. The van der Waals surface area contributed by atoms with Crippen molar-refractivity contribution in [2.45, 2.75) is 12.8 Å². The van der Waals surface area contributed by atoms with Gasteiger partial charge in [-0.05, 0) is 43.7 Å². The molecule has 2 heterocycles. The molecule has 1 atom stereocenters. The average molecular weight is 380 g/mol. The van der Waals surface area contributed by atoms with Crippen molar-refractivity contribution in [2.24, 2.45) is 5.92 Å². The van der Waals surface area contributed by atoms with Crippen LogP contribution in [0.1, 0.15) is 12.8 Å². The van der Waals surface area contributed by atoms with E-state index in [1.165, 1.54) is 6.07 Å². The first-order valence-electron chi connectivity index (χ1n) is 8.49. The van der Waals surface area contributed by atoms with Crippen LogP contribution in [0.4, 0.5) is 8.78 Å². The van der Waals surface area contributed by atoms with Gasteiger partial charge in [0.1, 0.15) is 0 Å². The molecule has 0 spiro atoms. The van der Waals surface area contributed by atoms with Crippen LogP contribution < -0.4 is 10.1 Å². The molecular formula is C19H20ClF2N3O. The van der Waals surface area contributed by atoms with Gasteiger partial charge in [-0.2, -0.15) is 0 Å². The molecule has 0 radical (unpaired) electrons. The lowest BCUT2D eigenvalue weighted by molar-refractivity contribution is 0.213. The number of halogens is 3. The standard InChI is InChI=1S/C19H19F2N3O.ClH/c20-16-8-7-14(10-17(16)21)24-18-6-2-1-5-15(18)19(23-24)25-12-13-4-3-9-22-11-13;/h1-2,5-8,10,13,22H,3-4,9,11-12H2;1H. The van der Waals surface area contributed by atoms with E-state index in [0.29, 0.717) is 24.1 Å². The zero-order chi connectivity index (χ0) is 17.2. The Labute approximate surface area is 156 Å². The van der Waals surface area contributed by atoms with Gasteiger partial charge in [-0.25, -0.2) is 13.5 Å². The number of ether oxygens (including phenoxy) is 1. The largest absolute Gasteiger partial charge is 0.476 e. The van der Waals surface area contributed by atoms with Crippen LogP contribution in [0.15, 0.2) is 42.5 Å². The first-order valence-corrected chi connectivity index (χ1v) is 8.49. The Balaban J connectivity index is 0.00000196. The second-order valence-corrected chi connectivity index (χ2v) is 6.36. The lowest BCUT2D eigenvalue weighted by Gasteiger charge is -2.22. The molecule has 4 rings (SSSR count). The number of piperidine rings is 1. The molecule has 1 aliphatic heterocycles. The van der Waals surface area contributed by atoms with Gasteiger partial charge in [0.2, 0.25) is 5.88 Å². The topological polar surface area (TPSA) is 39.1 Å². The Kier molecular flexibility index (Phi) is 5.74. The fourth-order valence-corrected chi connectivity index (χ4v) is 3.22. The Morgan fingerprint density at radius 3 is 2.77 bits per heavy atom. The number of fused-ring (bicyclic) bond motifs is 1. The van der Waals surface area contributed by atoms with Gasteiger partial charge < -0.3 is 10.1 Å². The van der Waals surface area contributed by atoms with Crippen LogP contribution in [0.25, 0.3) is 16.6 Å². The number of hydrogen-bond acceptors (Lipinski definition) is 3. The van der Waals surface area contributed by atoms with Gasteiger partial charge in [0.05, 0.1) is 23.2 Å². The van der Waals surface area contributed by atoms with Crippen LogP contribution in [0.2, 0.25) is 0 Å². The van der Waals surface area contributed by atoms with E-state index in [1.54, 1.807) is 4.68 Å². The Bertz CT molecular complexity index is 894. The van der Waals surface area contributed by atoms with Crippen molar-refractivity contribution in [3.8, 4) is 11.6 Å². The summed E-state index contributed by atoms with van der Waals surface area (Å²) >= 11 is 0. The van der Waals surface area contributed by atoms with Crippen LogP contribution in [0.5, 0.6) is 5.88 Å². The smallest absolute Gasteiger partial charge is 0.241 e. The van der Waals surface area contributed by atoms with E-state index in [-0.39, 0.29) is 12.4 Å². The maximum Gasteiger partial charge on any atom is 0.241 e. The van der Waals surface area contributed by atoms with Crippen molar-refractivity contribution >= 4 is 23.3 Å². The predicted octanol–water partition coefficient (Wildman–Crippen LogP) is 4.10. The van der Waals surface area contributed by atoms with Crippen LogP contribution in [-0.2, 0) is 0 Å². The molecule has 1 aromatic heterocycles. The van der Waals surface area contributed by atoms with E-state index in [9.17, 15) is 8.78 Å². The predicted molar refractivity (Wildman–Crippen MR) is 99.3 cm³/mol. The van der Waals surface area contributed by atoms with Crippen molar-refractivity contribution in [3.05, 3.63) is 54.1 Å². The highest BCUT2D eigenvalue weighted by Crippen LogP contribution is 2.28. The summed E-state index contributed by atoms with van der Waals surface area (Å²) in [5.41, 5.74) is 1.26. The number of aromatic nitrogens is 2. The molecule has 1 aliphatic rings. The molecule has 0 saturated carbocycles. The van der Waals surface area contributed by atoms with Gasteiger partial charge in [0.15, 0.2) is 11.6 Å². The number of para-hydroxylation sites is 1. The number of benzene rings is 2. The quantitative estimate of drug-likeness (QED) is 0.741. The van der Waals surface area contributed by atoms with Gasteiger partial charge in [-0.3, -0.25) is 0 Å². The van der Waals surface area contributed by atoms with E-state index in [0.717, 1.165) is 49.0 Å². The third-order valence-electron chi connectivity index (χ3n) is 4.56. The zero-order valence-corrected chi connectivity index (χ0v) is 14.9. The lowest BCUT2D eigenvalue weighted by Crippen LogP contribution is -2.33. The number of nitrogens with one attached hydrogen (secondary N) is 1. The van der Waals surface area contributed by atoms with E-state index >= 15 is 0 Å². The summed E-state index contributed by atoms with van der Waals surface area (Å²) in [6.07, 6.45) is 2.28. The summed E-state index contributed by atoms with van der Waals surface area (Å²) in [4.78, 5) is 0. The monoisotopic (exact) mass is 379 g/mol. The molecule has 0 aliphatic carbocycles. The van der Waals surface area contributed by atoms with Gasteiger partial charge in [-0.1, -0.05) is 12.1 Å². The fourth-order valence-electron chi connectivity index (χ4n) is 3.22. The van der Waals surface area contributed by atoms with Crippen molar-refractivity contribution < 1.29 is 13.5 Å². The molecule has 0 amide bonds. The number of rotatable bonds is 4. The van der Waals surface area contributed by atoms with Crippen molar-refractivity contribution in [1.82, 2.24) is 15.1 Å². The molecule has 1 unspecified atom stereocenters. The first kappa shape index (κ1) is 18.6. The minimum absolute atomic E-state index is 0. The second kappa shape index (κ2) is 8.01. The summed E-state index contributed by atoms with van der Waals surface area (Å²) in [6, 6.07) is 11.4. The molecule has 1 N–H and O–H groups in total. The van der Waals surface area contributed by atoms with Crippen LogP contribution >= 0.6 is 12.4 Å². The molecule has 3 aromatic rings. The molecule has 0 bridgehead atoms. The van der Waals surface area contributed by atoms with Gasteiger partial charge in [-0.15, -0.1) is 17.5 Å². The molecule has 138 valence electrons. The molecule has 2 aromatic carbocycles. The van der Waals surface area contributed by atoms with Gasteiger partial charge >= 0.3 is 0 Å². The Morgan fingerprint density at radius 2 is 2.00 bits per heavy atom. The van der Waals surface area contributed by atoms with E-state index in [2.05, 4.69) is 10.4 Å². The summed E-state index contributed by atoms with van der Waals surface area (Å²) in [5.74, 6) is -0.791. The maximum absolute atomic E-state index is 13.6. The Hall–Kier alpha value is -2.18. The highest BCUT2D eigenvalue weighted by atomic mass is 35.5. The minimum atomic E-state index is -0.896. The number of nitrogens with zero attached hydrogens (tertiary/aromatic N) is 2. The van der Waals surface area contributed by atoms with E-state index in [4.69, 9.17) is 4.74 Å². The van der Waals surface area contributed by atoms with Crippen molar-refractivity contribution in [1.29, 1.82) is 0 Å². The molecule has 26 heavy (non-hydrogen) atoms. The molecule has 1 saturated heterocycles. The average Bonchev–Trinajstić information content (AvgIpc) is 3.02. The maximum atomic E-state index is 13.6. The highest BCUT2D eigenvalue weighted by Gasteiger charge is 2.17. The molecular weight excluding hydrogens is 360 g/mol. The fraction of sp³-hybridized carbons (Fsp3) is 0.316. The second-order valence-electron chi connectivity index (χ2n) is 6.36. The lowest BCUT2D eigenvalue weighted by atomic mass is 10.0. The summed E-state index contributed by atoms with van der Waals surface area (Å²) in [6.45, 7) is 2.60. The van der Waals surface area contributed by atoms with Crippen LogP contribution in [0.3, 0.4) is 0 Å². The van der Waals surface area contributed by atoms with E-state index < -0.39 is 11.6 Å². The highest BCUT2D eigenvalue weighted by molar-refractivity contribution is 5.86. The molecule has 7 heteroatoms. The van der Waals surface area contributed by atoms with Crippen LogP contribution in [0, 0.1) is 17.6 Å². The zero-order valence-electron chi connectivity index (χ0n) is 14.1. The third kappa shape index (κ3) is 3.66. The molecule has 1 fully saturated rings. The van der Waals surface area contributed by atoms with Crippen molar-refractivity contribution in [2.75, 3.05) is 19.7 Å². The normalized spacial score (nSPS) is 17.1. The van der Waals surface area contributed by atoms with E-state index in [1.807, 2.05) is 24.3 Å². The SMILES string of the molecule is Cl.Fc1ccc(-n2nc(OCC3CCCNC3)c3ccccc32)cc1F. The van der Waals surface area contributed by atoms with Crippen LogP contribution in [-0.4, -0.2) is 29.5 Å². The number of hydrogen-bond donors (Lipinski definition) is 1. The van der Waals surface area contributed by atoms with Crippen molar-refractivity contribution in [3.63, 3.8) is 0 Å². The first-order chi connectivity index (χ1) is 12.2.